The first kappa shape index (κ1) is 16.9. The van der Waals surface area contributed by atoms with Gasteiger partial charge in [0.1, 0.15) is 11.4 Å². The van der Waals surface area contributed by atoms with Crippen LogP contribution in [0.2, 0.25) is 0 Å². The van der Waals surface area contributed by atoms with Gasteiger partial charge in [0, 0.05) is 12.0 Å². The third kappa shape index (κ3) is 3.47. The summed E-state index contributed by atoms with van der Waals surface area (Å²) >= 11 is 0. The lowest BCUT2D eigenvalue weighted by molar-refractivity contribution is -0.157. The van der Waals surface area contributed by atoms with Crippen molar-refractivity contribution in [3.8, 4) is 0 Å². The van der Waals surface area contributed by atoms with Gasteiger partial charge in [0.05, 0.1) is 19.1 Å². The topological polar surface area (TPSA) is 55.8 Å². The summed E-state index contributed by atoms with van der Waals surface area (Å²) < 4.78 is 25.2. The van der Waals surface area contributed by atoms with Gasteiger partial charge in [-0.1, -0.05) is 18.2 Å². The van der Waals surface area contributed by atoms with Gasteiger partial charge in [-0.2, -0.15) is 0 Å². The first-order chi connectivity index (χ1) is 10.3. The normalized spacial score (nSPS) is 25.2. The molecule has 1 aliphatic heterocycles. The van der Waals surface area contributed by atoms with Crippen LogP contribution >= 0.6 is 0 Å². The molecule has 1 aromatic carbocycles. The Morgan fingerprint density at radius 3 is 2.73 bits per heavy atom. The van der Waals surface area contributed by atoms with E-state index < -0.39 is 28.9 Å². The third-order valence-corrected chi connectivity index (χ3v) is 3.94. The average Bonchev–Trinajstić information content (AvgIpc) is 2.80. The number of carbonyl (C=O) groups is 1. The highest BCUT2D eigenvalue weighted by molar-refractivity contribution is 5.72. The van der Waals surface area contributed by atoms with E-state index in [9.17, 15) is 14.3 Å². The molecule has 4 nitrogen and oxygen atoms in total. The number of aliphatic hydroxyl groups excluding tert-OH is 1. The van der Waals surface area contributed by atoms with Crippen LogP contribution in [0.3, 0.4) is 0 Å². The summed E-state index contributed by atoms with van der Waals surface area (Å²) in [5.41, 5.74) is -1.10. The number of rotatable bonds is 4. The molecular formula is C17H23FO4. The predicted molar refractivity (Wildman–Crippen MR) is 80.0 cm³/mol. The second-order valence-electron chi connectivity index (χ2n) is 6.69. The van der Waals surface area contributed by atoms with Crippen LogP contribution in [-0.4, -0.2) is 36.0 Å². The Hall–Kier alpha value is -1.46. The number of carbonyl (C=O) groups excluding carboxylic acids is 1. The summed E-state index contributed by atoms with van der Waals surface area (Å²) in [5.74, 6) is -0.810. The molecule has 5 heteroatoms. The smallest absolute Gasteiger partial charge is 0.307 e. The summed E-state index contributed by atoms with van der Waals surface area (Å²) in [6, 6.07) is 6.34. The minimum Gasteiger partial charge on any atom is -0.460 e. The van der Waals surface area contributed by atoms with Crippen molar-refractivity contribution in [1.82, 2.24) is 0 Å². The zero-order chi connectivity index (χ0) is 16.4. The van der Waals surface area contributed by atoms with Crippen molar-refractivity contribution in [1.29, 1.82) is 0 Å². The molecule has 1 aromatic rings. The SMILES string of the molecule is CC(C)(C)OC(=O)C[C@@]1(c2ccccc2F)CCO[C@H]1CO. The zero-order valence-corrected chi connectivity index (χ0v) is 13.3. The predicted octanol–water partition coefficient (Wildman–Crippen LogP) is 2.58. The molecule has 22 heavy (non-hydrogen) atoms. The summed E-state index contributed by atoms with van der Waals surface area (Å²) in [6.07, 6.45) is -0.161. The van der Waals surface area contributed by atoms with Crippen molar-refractivity contribution in [3.63, 3.8) is 0 Å². The molecule has 0 radical (unpaired) electrons. The highest BCUT2D eigenvalue weighted by Crippen LogP contribution is 2.43. The summed E-state index contributed by atoms with van der Waals surface area (Å²) in [4.78, 5) is 12.3. The van der Waals surface area contributed by atoms with Crippen molar-refractivity contribution in [2.75, 3.05) is 13.2 Å². The number of hydrogen-bond acceptors (Lipinski definition) is 4. The molecule has 1 saturated heterocycles. The molecule has 0 saturated carbocycles. The first-order valence-corrected chi connectivity index (χ1v) is 7.48. The van der Waals surface area contributed by atoms with Crippen LogP contribution < -0.4 is 0 Å². The van der Waals surface area contributed by atoms with E-state index in [4.69, 9.17) is 9.47 Å². The summed E-state index contributed by atoms with van der Waals surface area (Å²) in [7, 11) is 0. The molecule has 0 aliphatic carbocycles. The minimum atomic E-state index is -0.886. The Kier molecular flexibility index (Phi) is 4.87. The van der Waals surface area contributed by atoms with Crippen LogP contribution in [0.1, 0.15) is 39.2 Å². The lowest BCUT2D eigenvalue weighted by atomic mass is 9.72. The maximum Gasteiger partial charge on any atom is 0.307 e. The van der Waals surface area contributed by atoms with Gasteiger partial charge >= 0.3 is 5.97 Å². The van der Waals surface area contributed by atoms with Gasteiger partial charge < -0.3 is 14.6 Å². The van der Waals surface area contributed by atoms with E-state index in [0.717, 1.165) is 0 Å². The fourth-order valence-electron chi connectivity index (χ4n) is 3.04. The molecule has 0 aromatic heterocycles. The van der Waals surface area contributed by atoms with E-state index in [-0.39, 0.29) is 13.0 Å². The number of halogens is 1. The van der Waals surface area contributed by atoms with Crippen LogP contribution in [0.4, 0.5) is 4.39 Å². The number of ether oxygens (including phenoxy) is 2. The highest BCUT2D eigenvalue weighted by Gasteiger charge is 2.48. The van der Waals surface area contributed by atoms with E-state index in [1.807, 2.05) is 0 Å². The van der Waals surface area contributed by atoms with Gasteiger partial charge in [-0.15, -0.1) is 0 Å². The quantitative estimate of drug-likeness (QED) is 0.869. The maximum absolute atomic E-state index is 14.3. The highest BCUT2D eigenvalue weighted by atomic mass is 19.1. The van der Waals surface area contributed by atoms with Gasteiger partial charge in [0.25, 0.3) is 0 Å². The minimum absolute atomic E-state index is 0.0174. The zero-order valence-electron chi connectivity index (χ0n) is 13.3. The molecule has 1 N–H and O–H groups in total. The molecule has 1 heterocycles. The van der Waals surface area contributed by atoms with Crippen LogP contribution in [-0.2, 0) is 19.7 Å². The Morgan fingerprint density at radius 1 is 1.45 bits per heavy atom. The fraction of sp³-hybridized carbons (Fsp3) is 0.588. The summed E-state index contributed by atoms with van der Waals surface area (Å²) in [6.45, 7) is 5.47. The third-order valence-electron chi connectivity index (χ3n) is 3.94. The lowest BCUT2D eigenvalue weighted by Crippen LogP contribution is -2.42. The Morgan fingerprint density at radius 2 is 2.14 bits per heavy atom. The lowest BCUT2D eigenvalue weighted by Gasteiger charge is -2.34. The fourth-order valence-corrected chi connectivity index (χ4v) is 3.04. The van der Waals surface area contributed by atoms with E-state index >= 15 is 0 Å². The average molecular weight is 310 g/mol. The van der Waals surface area contributed by atoms with Crippen LogP contribution in [0.25, 0.3) is 0 Å². The van der Waals surface area contributed by atoms with Gasteiger partial charge in [-0.05, 0) is 38.8 Å². The molecule has 0 amide bonds. The summed E-state index contributed by atoms with van der Waals surface area (Å²) in [5, 5.41) is 9.60. The van der Waals surface area contributed by atoms with Crippen molar-refractivity contribution in [3.05, 3.63) is 35.6 Å². The standard InChI is InChI=1S/C17H23FO4/c1-16(2,3)22-15(20)10-17(8-9-21-14(17)11-19)12-6-4-5-7-13(12)18/h4-7,14,19H,8-11H2,1-3H3/t14-,17+/m0/s1. The van der Waals surface area contributed by atoms with E-state index in [2.05, 4.69) is 0 Å². The molecule has 0 bridgehead atoms. The number of esters is 1. The Balaban J connectivity index is 2.36. The van der Waals surface area contributed by atoms with Gasteiger partial charge in [0.15, 0.2) is 0 Å². The maximum atomic E-state index is 14.3. The first-order valence-electron chi connectivity index (χ1n) is 7.48. The monoisotopic (exact) mass is 310 g/mol. The van der Waals surface area contributed by atoms with Crippen molar-refractivity contribution in [2.24, 2.45) is 0 Å². The largest absolute Gasteiger partial charge is 0.460 e. The second-order valence-corrected chi connectivity index (χ2v) is 6.69. The molecule has 0 unspecified atom stereocenters. The van der Waals surface area contributed by atoms with Crippen molar-refractivity contribution in [2.45, 2.75) is 50.7 Å². The molecule has 2 atom stereocenters. The molecular weight excluding hydrogens is 287 g/mol. The van der Waals surface area contributed by atoms with Crippen LogP contribution in [0, 0.1) is 5.82 Å². The Bertz CT molecular complexity index is 538. The molecule has 1 fully saturated rings. The van der Waals surface area contributed by atoms with Gasteiger partial charge in [0.2, 0.25) is 0 Å². The van der Waals surface area contributed by atoms with Crippen molar-refractivity contribution >= 4 is 5.97 Å². The van der Waals surface area contributed by atoms with Crippen LogP contribution in [0.15, 0.2) is 24.3 Å². The molecule has 0 spiro atoms. The van der Waals surface area contributed by atoms with Crippen molar-refractivity contribution < 1.29 is 23.8 Å². The van der Waals surface area contributed by atoms with E-state index in [0.29, 0.717) is 18.6 Å². The van der Waals surface area contributed by atoms with Gasteiger partial charge in [-0.3, -0.25) is 4.79 Å². The number of hydrogen-bond donors (Lipinski definition) is 1. The van der Waals surface area contributed by atoms with Gasteiger partial charge in [-0.25, -0.2) is 4.39 Å². The number of benzene rings is 1. The second kappa shape index (κ2) is 6.34. The Labute approximate surface area is 130 Å². The molecule has 122 valence electrons. The van der Waals surface area contributed by atoms with E-state index in [1.54, 1.807) is 39.0 Å². The van der Waals surface area contributed by atoms with E-state index in [1.165, 1.54) is 6.07 Å². The molecule has 1 aliphatic rings. The number of aliphatic hydroxyl groups is 1. The van der Waals surface area contributed by atoms with Crippen LogP contribution in [0.5, 0.6) is 0 Å². The molecule has 2 rings (SSSR count).